The van der Waals surface area contributed by atoms with Crippen molar-refractivity contribution in [1.82, 2.24) is 5.43 Å². The van der Waals surface area contributed by atoms with Crippen LogP contribution in [0.1, 0.15) is 5.56 Å². The van der Waals surface area contributed by atoms with Crippen molar-refractivity contribution in [2.24, 2.45) is 5.10 Å². The fourth-order valence-electron chi connectivity index (χ4n) is 1.68. The Kier molecular flexibility index (Phi) is 5.26. The molecule has 0 aromatic heterocycles. The number of phenolic OH excluding ortho intramolecular Hbond substituents is 1. The molecule has 0 aliphatic carbocycles. The summed E-state index contributed by atoms with van der Waals surface area (Å²) in [4.78, 5) is 21.7. The second-order valence-electron chi connectivity index (χ2n) is 4.31. The van der Waals surface area contributed by atoms with Crippen LogP contribution in [0.4, 0.5) is 16.2 Å². The average Bonchev–Trinajstić information content (AvgIpc) is 2.51. The largest absolute Gasteiger partial charge is 0.502 e. The van der Waals surface area contributed by atoms with Crippen molar-refractivity contribution in [3.05, 3.63) is 62.6 Å². The number of halogens is 1. The summed E-state index contributed by atoms with van der Waals surface area (Å²) in [6, 6.07) is 10.8. The Morgan fingerprint density at radius 2 is 2.00 bits per heavy atom. The topological polar surface area (TPSA) is 117 Å². The minimum absolute atomic E-state index is 0.0890. The third-order valence-corrected chi connectivity index (χ3v) is 3.14. The second-order valence-corrected chi connectivity index (χ2v) is 5.23. The van der Waals surface area contributed by atoms with Crippen molar-refractivity contribution in [2.45, 2.75) is 0 Å². The van der Waals surface area contributed by atoms with Crippen molar-refractivity contribution in [3.63, 3.8) is 0 Å². The molecule has 0 saturated heterocycles. The molecule has 0 spiro atoms. The van der Waals surface area contributed by atoms with Crippen molar-refractivity contribution < 1.29 is 14.8 Å². The molecule has 118 valence electrons. The number of amides is 2. The van der Waals surface area contributed by atoms with Crippen LogP contribution in [0.5, 0.6) is 5.75 Å². The van der Waals surface area contributed by atoms with Crippen LogP contribution in [0, 0.1) is 10.1 Å². The van der Waals surface area contributed by atoms with Crippen molar-refractivity contribution in [3.8, 4) is 5.75 Å². The molecular weight excluding hydrogens is 368 g/mol. The van der Waals surface area contributed by atoms with Crippen molar-refractivity contribution in [2.75, 3.05) is 5.32 Å². The monoisotopic (exact) mass is 378 g/mol. The number of rotatable bonds is 4. The lowest BCUT2D eigenvalue weighted by Crippen LogP contribution is -2.24. The Labute approximate surface area is 139 Å². The zero-order valence-electron chi connectivity index (χ0n) is 11.6. The summed E-state index contributed by atoms with van der Waals surface area (Å²) in [6.45, 7) is 0. The number of carbonyl (C=O) groups is 1. The second kappa shape index (κ2) is 7.36. The molecule has 0 aliphatic heterocycles. The first-order valence-corrected chi connectivity index (χ1v) is 7.08. The average molecular weight is 379 g/mol. The quantitative estimate of drug-likeness (QED) is 0.430. The summed E-state index contributed by atoms with van der Waals surface area (Å²) in [5.74, 6) is -0.535. The van der Waals surface area contributed by atoms with E-state index in [-0.39, 0.29) is 5.56 Å². The zero-order chi connectivity index (χ0) is 16.8. The first kappa shape index (κ1) is 16.4. The highest BCUT2D eigenvalue weighted by atomic mass is 79.9. The van der Waals surface area contributed by atoms with E-state index in [4.69, 9.17) is 0 Å². The highest BCUT2D eigenvalue weighted by molar-refractivity contribution is 9.10. The Bertz CT molecular complexity index is 765. The number of benzene rings is 2. The number of phenols is 1. The standard InChI is InChI=1S/C14H11BrN4O4/c15-10-6-9(13(20)12(7-10)19(22)23)8-16-18-14(21)17-11-4-2-1-3-5-11/h1-8,20H,(H2,17,18,21)/b16-8+. The number of aromatic hydroxyl groups is 1. The van der Waals surface area contributed by atoms with Gasteiger partial charge < -0.3 is 10.4 Å². The first-order valence-electron chi connectivity index (χ1n) is 6.29. The lowest BCUT2D eigenvalue weighted by atomic mass is 10.2. The van der Waals surface area contributed by atoms with Crippen molar-refractivity contribution >= 4 is 39.6 Å². The summed E-state index contributed by atoms with van der Waals surface area (Å²) in [6.07, 6.45) is 1.11. The number of nitro benzene ring substituents is 1. The van der Waals surface area contributed by atoms with Crippen LogP contribution in [0.15, 0.2) is 52.0 Å². The van der Waals surface area contributed by atoms with E-state index >= 15 is 0 Å². The van der Waals surface area contributed by atoms with Crippen LogP contribution >= 0.6 is 15.9 Å². The molecule has 0 fully saturated rings. The molecule has 2 aromatic rings. The third kappa shape index (κ3) is 4.51. The number of carbonyl (C=O) groups excluding carboxylic acids is 1. The lowest BCUT2D eigenvalue weighted by Gasteiger charge is -2.04. The van der Waals surface area contributed by atoms with E-state index < -0.39 is 22.4 Å². The number of para-hydroxylation sites is 1. The van der Waals surface area contributed by atoms with Crippen LogP contribution in [0.2, 0.25) is 0 Å². The van der Waals surface area contributed by atoms with Gasteiger partial charge in [-0.1, -0.05) is 34.1 Å². The molecule has 2 rings (SSSR count). The van der Waals surface area contributed by atoms with E-state index in [1.54, 1.807) is 24.3 Å². The predicted octanol–water partition coefficient (Wildman–Crippen LogP) is 3.22. The summed E-state index contributed by atoms with van der Waals surface area (Å²) in [5.41, 5.74) is 2.41. The van der Waals surface area contributed by atoms with Gasteiger partial charge in [0.25, 0.3) is 0 Å². The smallest absolute Gasteiger partial charge is 0.339 e. The SMILES string of the molecule is O=C(N/N=C/c1cc(Br)cc([N+](=O)[O-])c1O)Nc1ccccc1. The molecule has 0 atom stereocenters. The number of urea groups is 1. The fourth-order valence-corrected chi connectivity index (χ4v) is 2.15. The Balaban J connectivity index is 2.06. The van der Waals surface area contributed by atoms with E-state index in [2.05, 4.69) is 31.8 Å². The molecule has 3 N–H and O–H groups in total. The molecule has 0 heterocycles. The van der Waals surface area contributed by atoms with Gasteiger partial charge in [-0.15, -0.1) is 0 Å². The number of nitro groups is 1. The van der Waals surface area contributed by atoms with E-state index in [1.807, 2.05) is 6.07 Å². The summed E-state index contributed by atoms with van der Waals surface area (Å²) >= 11 is 3.10. The Hall–Kier alpha value is -2.94. The molecule has 23 heavy (non-hydrogen) atoms. The van der Waals surface area contributed by atoms with E-state index in [0.29, 0.717) is 10.2 Å². The molecule has 9 heteroatoms. The first-order chi connectivity index (χ1) is 11.0. The number of anilines is 1. The molecule has 0 radical (unpaired) electrons. The molecule has 0 aliphatic rings. The van der Waals surface area contributed by atoms with Crippen molar-refractivity contribution in [1.29, 1.82) is 0 Å². The zero-order valence-corrected chi connectivity index (χ0v) is 13.1. The van der Waals surface area contributed by atoms with Gasteiger partial charge in [0.2, 0.25) is 5.75 Å². The van der Waals surface area contributed by atoms with E-state index in [9.17, 15) is 20.0 Å². The predicted molar refractivity (Wildman–Crippen MR) is 88.7 cm³/mol. The fraction of sp³-hybridized carbons (Fsp3) is 0. The van der Waals surface area contributed by atoms with E-state index in [1.165, 1.54) is 12.1 Å². The lowest BCUT2D eigenvalue weighted by molar-refractivity contribution is -0.385. The van der Waals surface area contributed by atoms with Gasteiger partial charge in [0, 0.05) is 21.8 Å². The summed E-state index contributed by atoms with van der Waals surface area (Å²) in [7, 11) is 0. The Morgan fingerprint density at radius 1 is 1.30 bits per heavy atom. The normalized spacial score (nSPS) is 10.5. The van der Waals surface area contributed by atoms with Gasteiger partial charge in [-0.25, -0.2) is 10.2 Å². The highest BCUT2D eigenvalue weighted by Crippen LogP contribution is 2.32. The molecule has 0 unspecified atom stereocenters. The number of nitrogens with one attached hydrogen (secondary N) is 2. The van der Waals surface area contributed by atoms with Crippen LogP contribution in [0.25, 0.3) is 0 Å². The number of hydrogen-bond acceptors (Lipinski definition) is 5. The molecule has 0 bridgehead atoms. The maximum atomic E-state index is 11.6. The van der Waals surface area contributed by atoms with Gasteiger partial charge in [0.1, 0.15) is 0 Å². The number of nitrogens with zero attached hydrogens (tertiary/aromatic N) is 2. The van der Waals surface area contributed by atoms with Gasteiger partial charge in [0.15, 0.2) is 0 Å². The van der Waals surface area contributed by atoms with Gasteiger partial charge >= 0.3 is 11.7 Å². The summed E-state index contributed by atoms with van der Waals surface area (Å²) < 4.78 is 0.400. The van der Waals surface area contributed by atoms with Gasteiger partial charge in [-0.3, -0.25) is 10.1 Å². The summed E-state index contributed by atoms with van der Waals surface area (Å²) in [5, 5.41) is 26.8. The van der Waals surface area contributed by atoms with Crippen LogP contribution in [-0.2, 0) is 0 Å². The maximum absolute atomic E-state index is 11.6. The van der Waals surface area contributed by atoms with Crippen LogP contribution in [-0.4, -0.2) is 22.3 Å². The Morgan fingerprint density at radius 3 is 2.65 bits per heavy atom. The minimum atomic E-state index is -0.715. The number of hydrogen-bond donors (Lipinski definition) is 3. The van der Waals surface area contributed by atoms with E-state index in [0.717, 1.165) is 6.21 Å². The molecule has 8 nitrogen and oxygen atoms in total. The van der Waals surface area contributed by atoms with Gasteiger partial charge in [-0.05, 0) is 18.2 Å². The molecule has 0 saturated carbocycles. The van der Waals surface area contributed by atoms with Gasteiger partial charge in [-0.2, -0.15) is 5.10 Å². The van der Waals surface area contributed by atoms with Crippen LogP contribution in [0.3, 0.4) is 0 Å². The van der Waals surface area contributed by atoms with Crippen LogP contribution < -0.4 is 10.7 Å². The third-order valence-electron chi connectivity index (χ3n) is 2.68. The minimum Gasteiger partial charge on any atom is -0.502 e. The molecule has 2 amide bonds. The number of hydrazone groups is 1. The highest BCUT2D eigenvalue weighted by Gasteiger charge is 2.17. The molecular formula is C14H11BrN4O4. The molecule has 2 aromatic carbocycles. The maximum Gasteiger partial charge on any atom is 0.339 e. The van der Waals surface area contributed by atoms with Gasteiger partial charge in [0.05, 0.1) is 11.1 Å².